The second-order valence-electron chi connectivity index (χ2n) is 7.17. The fraction of sp³-hybridized carbons (Fsp3) is 0.667. The van der Waals surface area contributed by atoms with Gasteiger partial charge in [0.15, 0.2) is 0 Å². The van der Waals surface area contributed by atoms with Crippen molar-refractivity contribution in [1.82, 2.24) is 0 Å². The minimum Gasteiger partial charge on any atom is -0.365 e. The number of benzene rings is 1. The van der Waals surface area contributed by atoms with Gasteiger partial charge in [-0.3, -0.25) is 0 Å². The summed E-state index contributed by atoms with van der Waals surface area (Å²) in [7, 11) is 0. The molecule has 1 atom stereocenters. The van der Waals surface area contributed by atoms with Crippen LogP contribution < -0.4 is 10.6 Å². The smallest absolute Gasteiger partial charge is 0.123 e. The quantitative estimate of drug-likeness (QED) is 0.836. The molecule has 21 heavy (non-hydrogen) atoms. The van der Waals surface area contributed by atoms with Gasteiger partial charge in [-0.25, -0.2) is 4.39 Å². The van der Waals surface area contributed by atoms with Crippen LogP contribution in [0.5, 0.6) is 0 Å². The Bertz CT molecular complexity index is 455. The molecule has 0 aromatic heterocycles. The maximum Gasteiger partial charge on any atom is 0.123 e. The van der Waals surface area contributed by atoms with Crippen LogP contribution in [-0.2, 0) is 0 Å². The molecule has 118 valence electrons. The van der Waals surface area contributed by atoms with Crippen molar-refractivity contribution in [2.45, 2.75) is 58.4 Å². The van der Waals surface area contributed by atoms with E-state index in [2.05, 4.69) is 25.7 Å². The van der Waals surface area contributed by atoms with Crippen LogP contribution in [0.3, 0.4) is 0 Å². The third kappa shape index (κ3) is 3.57. The number of nitrogens with zero attached hydrogens (tertiary/aromatic N) is 1. The molecule has 0 heterocycles. The summed E-state index contributed by atoms with van der Waals surface area (Å²) in [6, 6.07) is 6.85. The number of anilines is 1. The summed E-state index contributed by atoms with van der Waals surface area (Å²) in [5.74, 6) is -0.182. The maximum absolute atomic E-state index is 13.2. The number of likely N-dealkylation sites (N-methyl/N-ethyl adjacent to an activating group) is 1. The molecule has 0 amide bonds. The third-order valence-electron chi connectivity index (χ3n) is 5.17. The Morgan fingerprint density at radius 2 is 1.76 bits per heavy atom. The van der Waals surface area contributed by atoms with Gasteiger partial charge in [-0.2, -0.15) is 0 Å². The van der Waals surface area contributed by atoms with E-state index in [4.69, 9.17) is 5.73 Å². The second kappa shape index (κ2) is 6.35. The Kier molecular flexibility index (Phi) is 4.92. The van der Waals surface area contributed by atoms with Gasteiger partial charge in [0.2, 0.25) is 0 Å². The van der Waals surface area contributed by atoms with Crippen LogP contribution in [0.15, 0.2) is 24.3 Å². The molecule has 1 fully saturated rings. The zero-order valence-electron chi connectivity index (χ0n) is 13.7. The molecule has 0 spiro atoms. The number of rotatable bonds is 4. The Morgan fingerprint density at radius 1 is 1.10 bits per heavy atom. The molecule has 1 aliphatic carbocycles. The first-order valence-electron chi connectivity index (χ1n) is 8.16. The average molecular weight is 292 g/mol. The Balaban J connectivity index is 2.30. The van der Waals surface area contributed by atoms with Crippen LogP contribution in [-0.4, -0.2) is 18.6 Å². The molecule has 2 rings (SSSR count). The van der Waals surface area contributed by atoms with Crippen molar-refractivity contribution in [3.8, 4) is 0 Å². The summed E-state index contributed by atoms with van der Waals surface area (Å²) in [5, 5.41) is 0. The van der Waals surface area contributed by atoms with Crippen LogP contribution in [0.2, 0.25) is 0 Å². The van der Waals surface area contributed by atoms with Crippen LogP contribution in [0.1, 0.15) is 52.9 Å². The average Bonchev–Trinajstić information content (AvgIpc) is 2.61. The molecule has 0 radical (unpaired) electrons. The van der Waals surface area contributed by atoms with Gasteiger partial charge in [-0.05, 0) is 62.3 Å². The third-order valence-corrected chi connectivity index (χ3v) is 5.17. The molecule has 2 nitrogen and oxygen atoms in total. The number of nitrogens with two attached hydrogens (primary N) is 1. The first-order chi connectivity index (χ1) is 9.92. The number of hydrogen-bond acceptors (Lipinski definition) is 2. The predicted molar refractivity (Wildman–Crippen MR) is 88.1 cm³/mol. The van der Waals surface area contributed by atoms with Crippen LogP contribution in [0.4, 0.5) is 10.1 Å². The molecule has 1 unspecified atom stereocenters. The fourth-order valence-electron chi connectivity index (χ4n) is 3.71. The minimum atomic E-state index is -0.182. The van der Waals surface area contributed by atoms with Gasteiger partial charge in [0, 0.05) is 18.8 Å². The lowest BCUT2D eigenvalue weighted by atomic mass is 9.82. The van der Waals surface area contributed by atoms with Gasteiger partial charge in [-0.1, -0.05) is 20.3 Å². The highest BCUT2D eigenvalue weighted by atomic mass is 19.1. The van der Waals surface area contributed by atoms with Crippen molar-refractivity contribution in [1.29, 1.82) is 0 Å². The van der Waals surface area contributed by atoms with Crippen LogP contribution in [0.25, 0.3) is 0 Å². The van der Waals surface area contributed by atoms with Gasteiger partial charge in [0.05, 0.1) is 5.54 Å². The maximum atomic E-state index is 13.2. The molecule has 1 aromatic rings. The Hall–Kier alpha value is -1.09. The van der Waals surface area contributed by atoms with Crippen molar-refractivity contribution in [3.63, 3.8) is 0 Å². The highest BCUT2D eigenvalue weighted by Gasteiger charge is 2.38. The van der Waals surface area contributed by atoms with E-state index in [1.54, 1.807) is 12.1 Å². The molecule has 0 bridgehead atoms. The largest absolute Gasteiger partial charge is 0.365 e. The summed E-state index contributed by atoms with van der Waals surface area (Å²) in [5.41, 5.74) is 7.73. The van der Waals surface area contributed by atoms with E-state index in [1.165, 1.54) is 19.3 Å². The van der Waals surface area contributed by atoms with E-state index in [9.17, 15) is 4.39 Å². The molecule has 3 heteroatoms. The van der Waals surface area contributed by atoms with Gasteiger partial charge in [-0.15, -0.1) is 0 Å². The van der Waals surface area contributed by atoms with E-state index in [0.29, 0.717) is 12.0 Å². The first kappa shape index (κ1) is 16.3. The topological polar surface area (TPSA) is 29.3 Å². The standard InChI is InChI=1S/C18H29FN2/c1-4-21(16-8-6-15(19)7-9-16)18(14-20)11-5-10-17(2,3)12-13-18/h6-9H,4-5,10-14,20H2,1-3H3. The van der Waals surface area contributed by atoms with Crippen molar-refractivity contribution >= 4 is 5.69 Å². The Morgan fingerprint density at radius 3 is 2.33 bits per heavy atom. The van der Waals surface area contributed by atoms with Crippen molar-refractivity contribution < 1.29 is 4.39 Å². The molecule has 1 aliphatic rings. The molecule has 0 aliphatic heterocycles. The molecular weight excluding hydrogens is 263 g/mol. The number of hydrogen-bond donors (Lipinski definition) is 1. The molecule has 1 saturated carbocycles. The SMILES string of the molecule is CCN(c1ccc(F)cc1)C1(CN)CCCC(C)(C)CC1. The van der Waals surface area contributed by atoms with Gasteiger partial charge < -0.3 is 10.6 Å². The van der Waals surface area contributed by atoms with E-state index >= 15 is 0 Å². The van der Waals surface area contributed by atoms with Crippen LogP contribution >= 0.6 is 0 Å². The molecular formula is C18H29FN2. The Labute approximate surface area is 128 Å². The van der Waals surface area contributed by atoms with Gasteiger partial charge in [0.1, 0.15) is 5.82 Å². The van der Waals surface area contributed by atoms with E-state index in [-0.39, 0.29) is 11.4 Å². The summed E-state index contributed by atoms with van der Waals surface area (Å²) in [4.78, 5) is 2.40. The van der Waals surface area contributed by atoms with E-state index in [1.807, 2.05) is 12.1 Å². The highest BCUT2D eigenvalue weighted by Crippen LogP contribution is 2.41. The monoisotopic (exact) mass is 292 g/mol. The number of halogens is 1. The predicted octanol–water partition coefficient (Wildman–Crippen LogP) is 4.34. The molecule has 2 N–H and O–H groups in total. The minimum absolute atomic E-state index is 0.0142. The molecule has 0 saturated heterocycles. The highest BCUT2D eigenvalue weighted by molar-refractivity contribution is 5.49. The van der Waals surface area contributed by atoms with Crippen molar-refractivity contribution in [2.75, 3.05) is 18.0 Å². The van der Waals surface area contributed by atoms with Gasteiger partial charge in [0.25, 0.3) is 0 Å². The second-order valence-corrected chi connectivity index (χ2v) is 7.17. The fourth-order valence-corrected chi connectivity index (χ4v) is 3.71. The summed E-state index contributed by atoms with van der Waals surface area (Å²) in [6.45, 7) is 8.44. The van der Waals surface area contributed by atoms with Crippen molar-refractivity contribution in [3.05, 3.63) is 30.1 Å². The summed E-state index contributed by atoms with van der Waals surface area (Å²) < 4.78 is 13.2. The molecule has 1 aromatic carbocycles. The first-order valence-corrected chi connectivity index (χ1v) is 8.16. The zero-order chi connectivity index (χ0) is 15.5. The summed E-state index contributed by atoms with van der Waals surface area (Å²) in [6.07, 6.45) is 5.90. The lowest BCUT2D eigenvalue weighted by Gasteiger charge is -2.44. The van der Waals surface area contributed by atoms with Gasteiger partial charge >= 0.3 is 0 Å². The zero-order valence-corrected chi connectivity index (χ0v) is 13.7. The van der Waals surface area contributed by atoms with E-state index in [0.717, 1.165) is 25.1 Å². The normalized spacial score (nSPS) is 25.4. The lowest BCUT2D eigenvalue weighted by molar-refractivity contribution is 0.293. The van der Waals surface area contributed by atoms with Crippen LogP contribution in [0, 0.1) is 11.2 Å². The van der Waals surface area contributed by atoms with Crippen molar-refractivity contribution in [2.24, 2.45) is 11.1 Å². The van der Waals surface area contributed by atoms with E-state index < -0.39 is 0 Å². The lowest BCUT2D eigenvalue weighted by Crippen LogP contribution is -2.54. The summed E-state index contributed by atoms with van der Waals surface area (Å²) >= 11 is 0.